The van der Waals surface area contributed by atoms with Gasteiger partial charge in [-0.25, -0.2) is 0 Å². The van der Waals surface area contributed by atoms with Crippen LogP contribution >= 0.6 is 0 Å². The van der Waals surface area contributed by atoms with Crippen molar-refractivity contribution < 1.29 is 15.0 Å². The maximum absolute atomic E-state index is 12.5. The normalized spacial score (nSPS) is 43.7. The quantitative estimate of drug-likeness (QED) is 0.766. The molecule has 4 atom stereocenters. The van der Waals surface area contributed by atoms with Crippen LogP contribution < -0.4 is 0 Å². The van der Waals surface area contributed by atoms with Crippen molar-refractivity contribution in [3.05, 3.63) is 11.6 Å². The Labute approximate surface area is 115 Å². The maximum Gasteiger partial charge on any atom is 0.161 e. The van der Waals surface area contributed by atoms with Gasteiger partial charge in [0.05, 0.1) is 11.7 Å². The van der Waals surface area contributed by atoms with E-state index in [0.717, 1.165) is 12.0 Å². The lowest BCUT2D eigenvalue weighted by atomic mass is 9.65. The molecule has 0 amide bonds. The lowest BCUT2D eigenvalue weighted by molar-refractivity contribution is -0.142. The summed E-state index contributed by atoms with van der Waals surface area (Å²) in [6.07, 6.45) is 3.74. The molecular weight excluding hydrogens is 240 g/mol. The molecule has 0 bridgehead atoms. The number of aliphatic hydroxyl groups is 2. The third-order valence-corrected chi connectivity index (χ3v) is 5.43. The van der Waals surface area contributed by atoms with Crippen molar-refractivity contribution in [1.82, 2.24) is 0 Å². The van der Waals surface area contributed by atoms with E-state index in [1.807, 2.05) is 27.7 Å². The Morgan fingerprint density at radius 2 is 2.00 bits per heavy atom. The first-order valence-electron chi connectivity index (χ1n) is 7.34. The molecule has 108 valence electrons. The highest BCUT2D eigenvalue weighted by atomic mass is 16.3. The van der Waals surface area contributed by atoms with Crippen LogP contribution in [0.5, 0.6) is 0 Å². The lowest BCUT2D eigenvalue weighted by Crippen LogP contribution is -2.51. The number of hydrogen-bond donors (Lipinski definition) is 2. The highest BCUT2D eigenvalue weighted by Gasteiger charge is 2.60. The summed E-state index contributed by atoms with van der Waals surface area (Å²) in [6.45, 7) is 7.81. The van der Waals surface area contributed by atoms with Gasteiger partial charge in [-0.3, -0.25) is 4.79 Å². The summed E-state index contributed by atoms with van der Waals surface area (Å²) < 4.78 is 0. The smallest absolute Gasteiger partial charge is 0.161 e. The van der Waals surface area contributed by atoms with Crippen LogP contribution in [0.25, 0.3) is 0 Å². The number of carbonyl (C=O) groups excluding carboxylic acids is 1. The van der Waals surface area contributed by atoms with E-state index < -0.39 is 17.1 Å². The highest BCUT2D eigenvalue weighted by Crippen LogP contribution is 2.55. The minimum Gasteiger partial charge on any atom is -0.393 e. The van der Waals surface area contributed by atoms with Crippen LogP contribution in [0.3, 0.4) is 0 Å². The zero-order valence-corrected chi connectivity index (χ0v) is 12.4. The fraction of sp³-hybridized carbons (Fsp3) is 0.812. The molecule has 1 unspecified atom stereocenters. The van der Waals surface area contributed by atoms with Crippen LogP contribution in [0.4, 0.5) is 0 Å². The Morgan fingerprint density at radius 3 is 2.58 bits per heavy atom. The molecule has 19 heavy (non-hydrogen) atoms. The molecule has 0 aromatic carbocycles. The summed E-state index contributed by atoms with van der Waals surface area (Å²) in [5.74, 6) is -0.228. The molecule has 0 heterocycles. The molecule has 2 aliphatic rings. The van der Waals surface area contributed by atoms with E-state index in [1.54, 1.807) is 6.08 Å². The Balaban J connectivity index is 2.49. The minimum absolute atomic E-state index is 0.0475. The molecule has 2 aliphatic carbocycles. The van der Waals surface area contributed by atoms with Crippen LogP contribution in [-0.4, -0.2) is 27.7 Å². The maximum atomic E-state index is 12.5. The molecule has 0 radical (unpaired) electrons. The molecule has 3 heteroatoms. The van der Waals surface area contributed by atoms with E-state index >= 15 is 0 Å². The van der Waals surface area contributed by atoms with Crippen molar-refractivity contribution in [2.75, 3.05) is 0 Å². The van der Waals surface area contributed by atoms with Crippen molar-refractivity contribution in [1.29, 1.82) is 0 Å². The van der Waals surface area contributed by atoms with E-state index in [-0.39, 0.29) is 17.6 Å². The second-order valence-electron chi connectivity index (χ2n) is 7.00. The van der Waals surface area contributed by atoms with Crippen LogP contribution in [0.2, 0.25) is 0 Å². The number of hydrogen-bond acceptors (Lipinski definition) is 3. The van der Waals surface area contributed by atoms with E-state index in [4.69, 9.17) is 0 Å². The molecule has 0 saturated heterocycles. The van der Waals surface area contributed by atoms with Gasteiger partial charge in [0.1, 0.15) is 0 Å². The van der Waals surface area contributed by atoms with Crippen molar-refractivity contribution in [2.45, 2.75) is 65.1 Å². The lowest BCUT2D eigenvalue weighted by Gasteiger charge is -2.43. The van der Waals surface area contributed by atoms with E-state index in [0.29, 0.717) is 19.3 Å². The van der Waals surface area contributed by atoms with Crippen molar-refractivity contribution in [3.8, 4) is 0 Å². The SMILES string of the molecule is CC1=CC(=O)[C@@]2(C)CC[C@@](O)(C(C)C)C2[C@@H](O)CC1. The van der Waals surface area contributed by atoms with Gasteiger partial charge in [0.25, 0.3) is 0 Å². The number of aliphatic hydroxyl groups excluding tert-OH is 1. The Morgan fingerprint density at radius 1 is 1.37 bits per heavy atom. The topological polar surface area (TPSA) is 57.5 Å². The van der Waals surface area contributed by atoms with Crippen molar-refractivity contribution in [2.24, 2.45) is 17.3 Å². The molecule has 0 aromatic heterocycles. The Hall–Kier alpha value is -0.670. The third kappa shape index (κ3) is 2.17. The minimum atomic E-state index is -0.928. The summed E-state index contributed by atoms with van der Waals surface area (Å²) in [6, 6.07) is 0. The summed E-state index contributed by atoms with van der Waals surface area (Å²) in [5, 5.41) is 21.5. The first-order valence-corrected chi connectivity index (χ1v) is 7.34. The predicted molar refractivity (Wildman–Crippen MR) is 74.6 cm³/mol. The van der Waals surface area contributed by atoms with Gasteiger partial charge in [-0.15, -0.1) is 0 Å². The van der Waals surface area contributed by atoms with Gasteiger partial charge in [0, 0.05) is 11.3 Å². The van der Waals surface area contributed by atoms with Gasteiger partial charge in [-0.05, 0) is 44.6 Å². The molecule has 3 nitrogen and oxygen atoms in total. The van der Waals surface area contributed by atoms with Crippen molar-refractivity contribution >= 4 is 5.78 Å². The average molecular weight is 266 g/mol. The zero-order chi connectivity index (χ0) is 14.4. The number of ketones is 1. The number of carbonyl (C=O) groups is 1. The van der Waals surface area contributed by atoms with Crippen LogP contribution in [0, 0.1) is 17.3 Å². The molecule has 0 aliphatic heterocycles. The van der Waals surface area contributed by atoms with Gasteiger partial charge in [0.2, 0.25) is 0 Å². The van der Waals surface area contributed by atoms with Gasteiger partial charge in [0.15, 0.2) is 5.78 Å². The first-order chi connectivity index (χ1) is 8.71. The van der Waals surface area contributed by atoms with Crippen molar-refractivity contribution in [3.63, 3.8) is 0 Å². The summed E-state index contributed by atoms with van der Waals surface area (Å²) >= 11 is 0. The summed E-state index contributed by atoms with van der Waals surface area (Å²) in [5.41, 5.74) is -0.521. The molecule has 2 rings (SSSR count). The van der Waals surface area contributed by atoms with Gasteiger partial charge in [-0.1, -0.05) is 26.3 Å². The van der Waals surface area contributed by atoms with E-state index in [1.165, 1.54) is 0 Å². The van der Waals surface area contributed by atoms with Crippen LogP contribution in [0.1, 0.15) is 53.4 Å². The molecule has 1 fully saturated rings. The van der Waals surface area contributed by atoms with Crippen LogP contribution in [-0.2, 0) is 4.79 Å². The van der Waals surface area contributed by atoms with E-state index in [9.17, 15) is 15.0 Å². The Kier molecular flexibility index (Phi) is 3.65. The number of fused-ring (bicyclic) bond motifs is 1. The summed E-state index contributed by atoms with van der Waals surface area (Å²) in [4.78, 5) is 12.5. The van der Waals surface area contributed by atoms with Gasteiger partial charge < -0.3 is 10.2 Å². The molecule has 0 aromatic rings. The van der Waals surface area contributed by atoms with Gasteiger partial charge >= 0.3 is 0 Å². The zero-order valence-electron chi connectivity index (χ0n) is 12.4. The Bertz CT molecular complexity index is 412. The monoisotopic (exact) mass is 266 g/mol. The molecule has 1 saturated carbocycles. The number of rotatable bonds is 1. The average Bonchev–Trinajstić information content (AvgIpc) is 2.60. The summed E-state index contributed by atoms with van der Waals surface area (Å²) in [7, 11) is 0. The molecule has 2 N–H and O–H groups in total. The predicted octanol–water partition coefficient (Wildman–Crippen LogP) is 2.46. The van der Waals surface area contributed by atoms with E-state index in [2.05, 4.69) is 0 Å². The van der Waals surface area contributed by atoms with Crippen LogP contribution in [0.15, 0.2) is 11.6 Å². The third-order valence-electron chi connectivity index (χ3n) is 5.43. The second kappa shape index (κ2) is 4.71. The van der Waals surface area contributed by atoms with Gasteiger partial charge in [-0.2, -0.15) is 0 Å². The standard InChI is InChI=1S/C16H26O3/c1-10(2)16(19)8-7-15(4)13(18)9-11(3)5-6-12(17)14(15)16/h9-10,12,14,17,19H,5-8H2,1-4H3/t12-,14?,15+,16+/m0/s1. The molecular formula is C16H26O3. The largest absolute Gasteiger partial charge is 0.393 e. The molecule has 0 spiro atoms. The first kappa shape index (κ1) is 14.7. The fourth-order valence-corrected chi connectivity index (χ4v) is 4.01. The highest BCUT2D eigenvalue weighted by molar-refractivity contribution is 5.96. The second-order valence-corrected chi connectivity index (χ2v) is 7.00. The fourth-order valence-electron chi connectivity index (χ4n) is 4.01. The number of allylic oxidation sites excluding steroid dienone is 2.